The largest absolute Gasteiger partial charge is 0.320 e. The molecule has 1 amide bonds. The molecule has 0 aliphatic rings. The summed E-state index contributed by atoms with van der Waals surface area (Å²) in [6.07, 6.45) is 0. The van der Waals surface area contributed by atoms with Gasteiger partial charge >= 0.3 is 0 Å². The molecule has 0 radical (unpaired) electrons. The third kappa shape index (κ3) is 3.54. The molecule has 0 aliphatic carbocycles. The van der Waals surface area contributed by atoms with Crippen LogP contribution in [0.1, 0.15) is 30.5 Å². The summed E-state index contributed by atoms with van der Waals surface area (Å²) in [4.78, 5) is 16.5. The van der Waals surface area contributed by atoms with E-state index < -0.39 is 6.04 Å². The number of aromatic nitrogens is 1. The van der Waals surface area contributed by atoms with Gasteiger partial charge in [0.05, 0.1) is 11.7 Å². The summed E-state index contributed by atoms with van der Waals surface area (Å²) >= 11 is 1.42. The summed E-state index contributed by atoms with van der Waals surface area (Å²) in [6, 6.07) is 3.79. The van der Waals surface area contributed by atoms with Crippen LogP contribution in [0.3, 0.4) is 0 Å². The summed E-state index contributed by atoms with van der Waals surface area (Å²) in [5.41, 5.74) is 11.5. The lowest BCUT2D eigenvalue weighted by Gasteiger charge is -2.13. The van der Waals surface area contributed by atoms with Gasteiger partial charge in [-0.1, -0.05) is 19.9 Å². The van der Waals surface area contributed by atoms with E-state index in [2.05, 4.69) is 43.2 Å². The van der Waals surface area contributed by atoms with E-state index in [1.54, 1.807) is 0 Å². The van der Waals surface area contributed by atoms with Crippen molar-refractivity contribution >= 4 is 22.4 Å². The molecule has 118 valence electrons. The SMILES string of the molecule is Cc1cc(C)c(-c2csc(NC(=O)C(N)C(C)C)n2)cc1C. The molecule has 2 rings (SSSR count). The fraction of sp³-hybridized carbons (Fsp3) is 0.412. The maximum absolute atomic E-state index is 12.0. The Kier molecular flexibility index (Phi) is 4.98. The van der Waals surface area contributed by atoms with Gasteiger partial charge in [-0.2, -0.15) is 0 Å². The Morgan fingerprint density at radius 3 is 2.45 bits per heavy atom. The van der Waals surface area contributed by atoms with Gasteiger partial charge < -0.3 is 11.1 Å². The maximum Gasteiger partial charge on any atom is 0.243 e. The average molecular weight is 317 g/mol. The number of carbonyl (C=O) groups excluding carboxylic acids is 1. The number of rotatable bonds is 4. The van der Waals surface area contributed by atoms with E-state index in [0.717, 1.165) is 11.3 Å². The van der Waals surface area contributed by atoms with Crippen molar-refractivity contribution in [1.82, 2.24) is 4.98 Å². The Labute approximate surface area is 135 Å². The van der Waals surface area contributed by atoms with Gasteiger partial charge in [0, 0.05) is 10.9 Å². The first-order valence-electron chi connectivity index (χ1n) is 7.39. The van der Waals surface area contributed by atoms with E-state index in [1.165, 1.54) is 28.0 Å². The van der Waals surface area contributed by atoms with Crippen LogP contribution in [0.2, 0.25) is 0 Å². The van der Waals surface area contributed by atoms with E-state index in [0.29, 0.717) is 5.13 Å². The van der Waals surface area contributed by atoms with E-state index in [9.17, 15) is 4.79 Å². The molecule has 1 aromatic carbocycles. The van der Waals surface area contributed by atoms with Crippen molar-refractivity contribution in [3.05, 3.63) is 34.2 Å². The van der Waals surface area contributed by atoms with Crippen molar-refractivity contribution in [2.24, 2.45) is 11.7 Å². The molecule has 0 saturated heterocycles. The second-order valence-electron chi connectivity index (χ2n) is 6.05. The molecule has 0 fully saturated rings. The van der Waals surface area contributed by atoms with Crippen LogP contribution >= 0.6 is 11.3 Å². The van der Waals surface area contributed by atoms with Gasteiger partial charge in [-0.05, 0) is 49.4 Å². The number of carbonyl (C=O) groups is 1. The summed E-state index contributed by atoms with van der Waals surface area (Å²) in [7, 11) is 0. The van der Waals surface area contributed by atoms with Crippen molar-refractivity contribution < 1.29 is 4.79 Å². The molecule has 1 unspecified atom stereocenters. The summed E-state index contributed by atoms with van der Waals surface area (Å²) in [5, 5.41) is 5.36. The monoisotopic (exact) mass is 317 g/mol. The predicted octanol–water partition coefficient (Wildman–Crippen LogP) is 3.66. The van der Waals surface area contributed by atoms with Crippen molar-refractivity contribution in [3.63, 3.8) is 0 Å². The van der Waals surface area contributed by atoms with Crippen LogP contribution in [0.25, 0.3) is 11.3 Å². The van der Waals surface area contributed by atoms with Crippen LogP contribution in [0.15, 0.2) is 17.5 Å². The Bertz CT molecular complexity index is 691. The smallest absolute Gasteiger partial charge is 0.243 e. The van der Waals surface area contributed by atoms with Gasteiger partial charge in [-0.3, -0.25) is 4.79 Å². The molecule has 5 heteroatoms. The number of nitrogens with zero attached hydrogens (tertiary/aromatic N) is 1. The van der Waals surface area contributed by atoms with Gasteiger partial charge in [0.25, 0.3) is 0 Å². The lowest BCUT2D eigenvalue weighted by molar-refractivity contribution is -0.118. The van der Waals surface area contributed by atoms with Crippen LogP contribution in [-0.2, 0) is 4.79 Å². The molecule has 22 heavy (non-hydrogen) atoms. The third-order valence-electron chi connectivity index (χ3n) is 3.87. The number of hydrogen-bond donors (Lipinski definition) is 2. The minimum Gasteiger partial charge on any atom is -0.320 e. The molecule has 0 bridgehead atoms. The van der Waals surface area contributed by atoms with Crippen molar-refractivity contribution in [1.29, 1.82) is 0 Å². The number of benzene rings is 1. The van der Waals surface area contributed by atoms with Gasteiger partial charge in [0.2, 0.25) is 5.91 Å². The second kappa shape index (κ2) is 6.58. The van der Waals surface area contributed by atoms with E-state index in [-0.39, 0.29) is 11.8 Å². The highest BCUT2D eigenvalue weighted by atomic mass is 32.1. The highest BCUT2D eigenvalue weighted by Gasteiger charge is 2.18. The van der Waals surface area contributed by atoms with Gasteiger partial charge in [-0.25, -0.2) is 4.98 Å². The van der Waals surface area contributed by atoms with Crippen LogP contribution in [0.4, 0.5) is 5.13 Å². The predicted molar refractivity (Wildman–Crippen MR) is 93.2 cm³/mol. The number of aryl methyl sites for hydroxylation is 3. The molecule has 1 atom stereocenters. The number of hydrogen-bond acceptors (Lipinski definition) is 4. The second-order valence-corrected chi connectivity index (χ2v) is 6.91. The Balaban J connectivity index is 2.22. The number of thiazole rings is 1. The van der Waals surface area contributed by atoms with Crippen molar-refractivity contribution in [3.8, 4) is 11.3 Å². The zero-order valence-corrected chi connectivity index (χ0v) is 14.5. The number of nitrogens with one attached hydrogen (secondary N) is 1. The fourth-order valence-electron chi connectivity index (χ4n) is 2.18. The van der Waals surface area contributed by atoms with Crippen LogP contribution < -0.4 is 11.1 Å². The molecule has 3 N–H and O–H groups in total. The Morgan fingerprint density at radius 1 is 1.18 bits per heavy atom. The minimum atomic E-state index is -0.518. The maximum atomic E-state index is 12.0. The molecular weight excluding hydrogens is 294 g/mol. The molecular formula is C17H23N3OS. The lowest BCUT2D eigenvalue weighted by Crippen LogP contribution is -2.39. The Hall–Kier alpha value is -1.72. The first-order valence-corrected chi connectivity index (χ1v) is 8.27. The normalized spacial score (nSPS) is 12.5. The first-order chi connectivity index (χ1) is 10.3. The van der Waals surface area contributed by atoms with Gasteiger partial charge in [0.1, 0.15) is 0 Å². The lowest BCUT2D eigenvalue weighted by atomic mass is 9.99. The molecule has 0 aliphatic heterocycles. The van der Waals surface area contributed by atoms with Gasteiger partial charge in [-0.15, -0.1) is 11.3 Å². The Morgan fingerprint density at radius 2 is 1.82 bits per heavy atom. The van der Waals surface area contributed by atoms with Crippen LogP contribution in [0, 0.1) is 26.7 Å². The van der Waals surface area contributed by atoms with Crippen LogP contribution in [0.5, 0.6) is 0 Å². The van der Waals surface area contributed by atoms with Gasteiger partial charge in [0.15, 0.2) is 5.13 Å². The topological polar surface area (TPSA) is 68.0 Å². The highest BCUT2D eigenvalue weighted by Crippen LogP contribution is 2.29. The van der Waals surface area contributed by atoms with Crippen molar-refractivity contribution in [2.45, 2.75) is 40.7 Å². The number of anilines is 1. The summed E-state index contributed by atoms with van der Waals surface area (Å²) in [5.74, 6) is -0.0888. The van der Waals surface area contributed by atoms with E-state index >= 15 is 0 Å². The van der Waals surface area contributed by atoms with Crippen molar-refractivity contribution in [2.75, 3.05) is 5.32 Å². The average Bonchev–Trinajstić information content (AvgIpc) is 2.90. The molecule has 4 nitrogen and oxygen atoms in total. The minimum absolute atomic E-state index is 0.0985. The fourth-order valence-corrected chi connectivity index (χ4v) is 2.90. The summed E-state index contributed by atoms with van der Waals surface area (Å²) < 4.78 is 0. The number of amides is 1. The zero-order valence-electron chi connectivity index (χ0n) is 13.7. The molecule has 1 aromatic heterocycles. The highest BCUT2D eigenvalue weighted by molar-refractivity contribution is 7.14. The number of nitrogens with two attached hydrogens (primary N) is 1. The van der Waals surface area contributed by atoms with E-state index in [4.69, 9.17) is 5.73 Å². The zero-order chi connectivity index (χ0) is 16.4. The molecule has 0 saturated carbocycles. The first kappa shape index (κ1) is 16.6. The molecule has 1 heterocycles. The standard InChI is InChI=1S/C17H23N3OS/c1-9(2)15(18)16(21)20-17-19-14(8-22-17)13-7-11(4)10(3)6-12(13)5/h6-9,15H,18H2,1-5H3,(H,19,20,21). The molecule has 0 spiro atoms. The van der Waals surface area contributed by atoms with Crippen LogP contribution in [-0.4, -0.2) is 16.9 Å². The molecule has 2 aromatic rings. The summed E-state index contributed by atoms with van der Waals surface area (Å²) in [6.45, 7) is 10.1. The van der Waals surface area contributed by atoms with E-state index in [1.807, 2.05) is 19.2 Å². The quantitative estimate of drug-likeness (QED) is 0.904. The third-order valence-corrected chi connectivity index (χ3v) is 4.63.